The zero-order valence-electron chi connectivity index (χ0n) is 11.6. The van der Waals surface area contributed by atoms with Crippen LogP contribution in [0.5, 0.6) is 0 Å². The number of aliphatic hydroxyl groups is 1. The fraction of sp³-hybridized carbons (Fsp3) is 0.786. The van der Waals surface area contributed by atoms with Crippen molar-refractivity contribution in [3.63, 3.8) is 0 Å². The monoisotopic (exact) mass is 268 g/mol. The van der Waals surface area contributed by atoms with E-state index in [1.165, 1.54) is 17.7 Å². The van der Waals surface area contributed by atoms with Gasteiger partial charge in [0.15, 0.2) is 0 Å². The molecule has 1 aromatic rings. The Labute approximate surface area is 114 Å². The van der Waals surface area contributed by atoms with E-state index in [1.54, 1.807) is 11.3 Å². The first-order chi connectivity index (χ1) is 8.56. The van der Waals surface area contributed by atoms with Crippen molar-refractivity contribution in [1.29, 1.82) is 0 Å². The summed E-state index contributed by atoms with van der Waals surface area (Å²) >= 11 is 1.78. The van der Waals surface area contributed by atoms with Crippen molar-refractivity contribution < 1.29 is 5.11 Å². The van der Waals surface area contributed by atoms with Crippen LogP contribution in [0.4, 0.5) is 0 Å². The predicted molar refractivity (Wildman–Crippen MR) is 76.0 cm³/mol. The zero-order chi connectivity index (χ0) is 13.2. The summed E-state index contributed by atoms with van der Waals surface area (Å²) in [5, 5.41) is 14.3. The van der Waals surface area contributed by atoms with Crippen LogP contribution < -0.4 is 5.32 Å². The SMILES string of the molecule is Cc1nc(C)c(C(C)NCC2(CO)CCCC2)s1. The minimum absolute atomic E-state index is 0.127. The van der Waals surface area contributed by atoms with Gasteiger partial charge in [0.1, 0.15) is 0 Å². The van der Waals surface area contributed by atoms with Crippen LogP contribution >= 0.6 is 11.3 Å². The zero-order valence-corrected chi connectivity index (χ0v) is 12.4. The van der Waals surface area contributed by atoms with E-state index in [1.807, 2.05) is 0 Å². The van der Waals surface area contributed by atoms with Gasteiger partial charge in [0, 0.05) is 29.5 Å². The Hall–Kier alpha value is -0.450. The number of nitrogens with zero attached hydrogens (tertiary/aromatic N) is 1. The molecule has 18 heavy (non-hydrogen) atoms. The third-order valence-electron chi connectivity index (χ3n) is 4.12. The Morgan fingerprint density at radius 3 is 2.56 bits per heavy atom. The standard InChI is InChI=1S/C14H24N2OS/c1-10(13-11(2)16-12(3)18-13)15-8-14(9-17)6-4-5-7-14/h10,15,17H,4-9H2,1-3H3. The molecule has 1 saturated carbocycles. The molecule has 1 atom stereocenters. The molecule has 0 bridgehead atoms. The Bertz CT molecular complexity index is 396. The van der Waals surface area contributed by atoms with Gasteiger partial charge in [-0.15, -0.1) is 11.3 Å². The Kier molecular flexibility index (Phi) is 4.41. The molecule has 0 spiro atoms. The molecule has 4 heteroatoms. The summed E-state index contributed by atoms with van der Waals surface area (Å²) in [5.74, 6) is 0. The number of nitrogens with one attached hydrogen (secondary N) is 1. The van der Waals surface area contributed by atoms with Crippen LogP contribution in [0.2, 0.25) is 0 Å². The maximum absolute atomic E-state index is 9.61. The van der Waals surface area contributed by atoms with E-state index >= 15 is 0 Å². The minimum atomic E-state index is 0.127. The van der Waals surface area contributed by atoms with Crippen molar-refractivity contribution in [3.05, 3.63) is 15.6 Å². The first-order valence-electron chi connectivity index (χ1n) is 6.84. The molecule has 0 amide bonds. The summed E-state index contributed by atoms with van der Waals surface area (Å²) < 4.78 is 0. The minimum Gasteiger partial charge on any atom is -0.396 e. The van der Waals surface area contributed by atoms with Gasteiger partial charge in [0.25, 0.3) is 0 Å². The number of aryl methyl sites for hydroxylation is 2. The summed E-state index contributed by atoms with van der Waals surface area (Å²) in [7, 11) is 0. The number of thiazole rings is 1. The van der Waals surface area contributed by atoms with Gasteiger partial charge in [-0.05, 0) is 33.6 Å². The smallest absolute Gasteiger partial charge is 0.0900 e. The molecule has 0 saturated heterocycles. The number of hydrogen-bond donors (Lipinski definition) is 2. The lowest BCUT2D eigenvalue weighted by atomic mass is 9.87. The lowest BCUT2D eigenvalue weighted by Gasteiger charge is -2.28. The van der Waals surface area contributed by atoms with E-state index in [2.05, 4.69) is 31.1 Å². The van der Waals surface area contributed by atoms with Crippen molar-refractivity contribution in [3.8, 4) is 0 Å². The van der Waals surface area contributed by atoms with Crippen LogP contribution in [0, 0.1) is 19.3 Å². The van der Waals surface area contributed by atoms with Gasteiger partial charge in [-0.2, -0.15) is 0 Å². The summed E-state index contributed by atoms with van der Waals surface area (Å²) in [6.45, 7) is 7.56. The molecule has 0 aromatic carbocycles. The van der Waals surface area contributed by atoms with Gasteiger partial charge < -0.3 is 10.4 Å². The van der Waals surface area contributed by atoms with Crippen molar-refractivity contribution in [2.24, 2.45) is 5.41 Å². The van der Waals surface area contributed by atoms with E-state index in [-0.39, 0.29) is 5.41 Å². The Balaban J connectivity index is 1.95. The van der Waals surface area contributed by atoms with Gasteiger partial charge in [-0.1, -0.05) is 12.8 Å². The highest BCUT2D eigenvalue weighted by Gasteiger charge is 2.33. The quantitative estimate of drug-likeness (QED) is 0.863. The molecule has 1 heterocycles. The van der Waals surface area contributed by atoms with Crippen LogP contribution in [0.15, 0.2) is 0 Å². The number of rotatable bonds is 5. The summed E-state index contributed by atoms with van der Waals surface area (Å²) in [4.78, 5) is 5.81. The maximum Gasteiger partial charge on any atom is 0.0900 e. The molecule has 1 unspecified atom stereocenters. The topological polar surface area (TPSA) is 45.2 Å². The van der Waals surface area contributed by atoms with E-state index < -0.39 is 0 Å². The Morgan fingerprint density at radius 1 is 1.39 bits per heavy atom. The van der Waals surface area contributed by atoms with E-state index in [0.717, 1.165) is 30.1 Å². The molecule has 1 aliphatic carbocycles. The molecule has 1 aromatic heterocycles. The highest BCUT2D eigenvalue weighted by molar-refractivity contribution is 7.11. The van der Waals surface area contributed by atoms with Crippen molar-refractivity contribution in [2.45, 2.75) is 52.5 Å². The molecular formula is C14H24N2OS. The first-order valence-corrected chi connectivity index (χ1v) is 7.66. The van der Waals surface area contributed by atoms with E-state index in [0.29, 0.717) is 12.6 Å². The maximum atomic E-state index is 9.61. The number of aromatic nitrogens is 1. The average molecular weight is 268 g/mol. The third kappa shape index (κ3) is 2.92. The molecule has 0 radical (unpaired) electrons. The largest absolute Gasteiger partial charge is 0.396 e. The van der Waals surface area contributed by atoms with Crippen LogP contribution in [0.1, 0.15) is 54.2 Å². The highest BCUT2D eigenvalue weighted by Crippen LogP contribution is 2.37. The van der Waals surface area contributed by atoms with Gasteiger partial charge in [0.05, 0.1) is 10.7 Å². The molecule has 3 nitrogen and oxygen atoms in total. The summed E-state index contributed by atoms with van der Waals surface area (Å²) in [6.07, 6.45) is 4.83. The summed E-state index contributed by atoms with van der Waals surface area (Å²) in [5.41, 5.74) is 1.27. The van der Waals surface area contributed by atoms with Crippen LogP contribution in [-0.4, -0.2) is 23.2 Å². The second-order valence-electron chi connectivity index (χ2n) is 5.65. The first kappa shape index (κ1) is 14.0. The van der Waals surface area contributed by atoms with Crippen LogP contribution in [0.25, 0.3) is 0 Å². The van der Waals surface area contributed by atoms with Crippen molar-refractivity contribution in [1.82, 2.24) is 10.3 Å². The van der Waals surface area contributed by atoms with Gasteiger partial charge in [0.2, 0.25) is 0 Å². The lowest BCUT2D eigenvalue weighted by molar-refractivity contribution is 0.125. The third-order valence-corrected chi connectivity index (χ3v) is 5.37. The van der Waals surface area contributed by atoms with Crippen LogP contribution in [-0.2, 0) is 0 Å². The molecule has 0 aliphatic heterocycles. The average Bonchev–Trinajstić information content (AvgIpc) is 2.94. The molecular weight excluding hydrogens is 244 g/mol. The van der Waals surface area contributed by atoms with E-state index in [9.17, 15) is 5.11 Å². The van der Waals surface area contributed by atoms with Crippen molar-refractivity contribution >= 4 is 11.3 Å². The predicted octanol–water partition coefficient (Wildman–Crippen LogP) is 2.96. The Morgan fingerprint density at radius 2 is 2.06 bits per heavy atom. The number of hydrogen-bond acceptors (Lipinski definition) is 4. The number of aliphatic hydroxyl groups excluding tert-OH is 1. The summed E-state index contributed by atoms with van der Waals surface area (Å²) in [6, 6.07) is 0.334. The fourth-order valence-electron chi connectivity index (χ4n) is 2.93. The van der Waals surface area contributed by atoms with Crippen molar-refractivity contribution in [2.75, 3.05) is 13.2 Å². The van der Waals surface area contributed by atoms with E-state index in [4.69, 9.17) is 0 Å². The molecule has 1 fully saturated rings. The second kappa shape index (κ2) is 5.68. The molecule has 1 aliphatic rings. The van der Waals surface area contributed by atoms with Crippen LogP contribution in [0.3, 0.4) is 0 Å². The van der Waals surface area contributed by atoms with Gasteiger partial charge in [-0.25, -0.2) is 4.98 Å². The highest BCUT2D eigenvalue weighted by atomic mass is 32.1. The molecule has 2 rings (SSSR count). The normalized spacial score (nSPS) is 20.2. The lowest BCUT2D eigenvalue weighted by Crippen LogP contribution is -2.36. The fourth-order valence-corrected chi connectivity index (χ4v) is 3.88. The molecule has 102 valence electrons. The second-order valence-corrected chi connectivity index (χ2v) is 6.89. The molecule has 2 N–H and O–H groups in total. The van der Waals surface area contributed by atoms with Gasteiger partial charge >= 0.3 is 0 Å². The van der Waals surface area contributed by atoms with Gasteiger partial charge in [-0.3, -0.25) is 0 Å².